The summed E-state index contributed by atoms with van der Waals surface area (Å²) in [6.07, 6.45) is 0.846. The van der Waals surface area contributed by atoms with Crippen LogP contribution in [0.4, 0.5) is 0 Å². The second-order valence-corrected chi connectivity index (χ2v) is 7.43. The summed E-state index contributed by atoms with van der Waals surface area (Å²) in [5.41, 5.74) is -0.666. The molecule has 0 rings (SSSR count). The minimum Gasteiger partial charge on any atom is -0.300 e. The molecule has 0 saturated heterocycles. The maximum atomic E-state index is 11.2. The van der Waals surface area contributed by atoms with E-state index in [9.17, 15) is 19.2 Å². The van der Waals surface area contributed by atoms with Crippen LogP contribution in [0.25, 0.3) is 0 Å². The van der Waals surface area contributed by atoms with Gasteiger partial charge < -0.3 is 4.79 Å². The van der Waals surface area contributed by atoms with Crippen molar-refractivity contribution in [2.45, 2.75) is 74.7 Å². The summed E-state index contributed by atoms with van der Waals surface area (Å²) in [6, 6.07) is 0. The zero-order valence-electron chi connectivity index (χ0n) is 14.8. The summed E-state index contributed by atoms with van der Waals surface area (Å²) >= 11 is 0. The van der Waals surface area contributed by atoms with Gasteiger partial charge in [0, 0.05) is 23.7 Å². The number of rotatable bonds is 5. The highest BCUT2D eigenvalue weighted by Gasteiger charge is 2.21. The molecule has 0 N–H and O–H groups in total. The van der Waals surface area contributed by atoms with Gasteiger partial charge in [-0.2, -0.15) is 0 Å². The Labute approximate surface area is 128 Å². The normalized spacial score (nSPS) is 11.2. The van der Waals surface area contributed by atoms with Crippen molar-refractivity contribution in [3.8, 4) is 0 Å². The number of hydrogen-bond acceptors (Lipinski definition) is 4. The first-order chi connectivity index (χ1) is 9.17. The molecule has 0 aromatic rings. The molecule has 0 unspecified atom stereocenters. The molecule has 0 aromatic carbocycles. The van der Waals surface area contributed by atoms with Crippen LogP contribution >= 0.6 is 0 Å². The molecule has 0 radical (unpaired) electrons. The van der Waals surface area contributed by atoms with Gasteiger partial charge in [-0.1, -0.05) is 41.5 Å². The van der Waals surface area contributed by atoms with E-state index in [0.29, 0.717) is 12.8 Å². The summed E-state index contributed by atoms with van der Waals surface area (Å²) < 4.78 is 0. The number of carbonyl (C=O) groups excluding carboxylic acids is 4. The van der Waals surface area contributed by atoms with E-state index in [1.807, 2.05) is 41.5 Å². The number of hydrogen-bond donors (Lipinski definition) is 0. The molecule has 0 aliphatic carbocycles. The average molecular weight is 298 g/mol. The Morgan fingerprint density at radius 2 is 1.00 bits per heavy atom. The second-order valence-electron chi connectivity index (χ2n) is 7.43. The van der Waals surface area contributed by atoms with E-state index in [4.69, 9.17) is 0 Å². The SMILES string of the molecule is CC(=O)CC(=O)C(C)(C)C.CC(=O)CCC(=O)C(C)(C)C. The summed E-state index contributed by atoms with van der Waals surface area (Å²) in [5.74, 6) is 0.204. The molecule has 21 heavy (non-hydrogen) atoms. The lowest BCUT2D eigenvalue weighted by Crippen LogP contribution is -2.21. The van der Waals surface area contributed by atoms with Crippen LogP contribution in [0.2, 0.25) is 0 Å². The van der Waals surface area contributed by atoms with Crippen LogP contribution < -0.4 is 0 Å². The van der Waals surface area contributed by atoms with Gasteiger partial charge in [-0.15, -0.1) is 0 Å². The van der Waals surface area contributed by atoms with Gasteiger partial charge in [-0.3, -0.25) is 14.4 Å². The number of carbonyl (C=O) groups is 4. The van der Waals surface area contributed by atoms with E-state index >= 15 is 0 Å². The van der Waals surface area contributed by atoms with Crippen LogP contribution in [-0.2, 0) is 19.2 Å². The Kier molecular flexibility index (Phi) is 9.26. The van der Waals surface area contributed by atoms with Crippen LogP contribution in [0.15, 0.2) is 0 Å². The monoisotopic (exact) mass is 298 g/mol. The smallest absolute Gasteiger partial charge is 0.145 e. The van der Waals surface area contributed by atoms with E-state index in [1.165, 1.54) is 13.8 Å². The van der Waals surface area contributed by atoms with Gasteiger partial charge in [0.2, 0.25) is 0 Å². The molecule has 0 saturated carbocycles. The van der Waals surface area contributed by atoms with Crippen LogP contribution in [0.3, 0.4) is 0 Å². The Balaban J connectivity index is 0. The first kappa shape index (κ1) is 22.0. The molecule has 122 valence electrons. The second kappa shape index (κ2) is 8.85. The third kappa shape index (κ3) is 13.4. The van der Waals surface area contributed by atoms with Gasteiger partial charge in [-0.25, -0.2) is 0 Å². The van der Waals surface area contributed by atoms with Crippen molar-refractivity contribution in [3.63, 3.8) is 0 Å². The molecular weight excluding hydrogens is 268 g/mol. The minimum absolute atomic E-state index is 0.0139. The standard InChI is InChI=1S/C9H16O2.C8H14O2/c1-7(10)5-6-8(11)9(2,3)4;1-6(9)5-7(10)8(2,3)4/h5-6H2,1-4H3;5H2,1-4H3. The molecule has 0 aliphatic heterocycles. The van der Waals surface area contributed by atoms with Gasteiger partial charge in [0.25, 0.3) is 0 Å². The van der Waals surface area contributed by atoms with Crippen molar-refractivity contribution in [2.24, 2.45) is 10.8 Å². The van der Waals surface area contributed by atoms with Crippen molar-refractivity contribution in [1.82, 2.24) is 0 Å². The van der Waals surface area contributed by atoms with E-state index in [2.05, 4.69) is 0 Å². The highest BCUT2D eigenvalue weighted by molar-refractivity contribution is 6.00. The molecule has 0 fully saturated rings. The lowest BCUT2D eigenvalue weighted by atomic mass is 9.88. The largest absolute Gasteiger partial charge is 0.300 e. The van der Waals surface area contributed by atoms with Gasteiger partial charge in [0.05, 0.1) is 6.42 Å². The fourth-order valence-corrected chi connectivity index (χ4v) is 1.16. The van der Waals surface area contributed by atoms with Gasteiger partial charge >= 0.3 is 0 Å². The van der Waals surface area contributed by atoms with Gasteiger partial charge in [-0.05, 0) is 13.8 Å². The van der Waals surface area contributed by atoms with E-state index in [1.54, 1.807) is 0 Å². The molecular formula is C17H30O4. The van der Waals surface area contributed by atoms with Crippen molar-refractivity contribution >= 4 is 23.1 Å². The molecule has 4 heteroatoms. The maximum absolute atomic E-state index is 11.2. The minimum atomic E-state index is -0.369. The fraction of sp³-hybridized carbons (Fsp3) is 0.765. The zero-order valence-corrected chi connectivity index (χ0v) is 14.8. The third-order valence-corrected chi connectivity index (χ3v) is 2.79. The van der Waals surface area contributed by atoms with Gasteiger partial charge in [0.1, 0.15) is 23.1 Å². The molecule has 0 atom stereocenters. The van der Waals surface area contributed by atoms with Crippen LogP contribution in [-0.4, -0.2) is 23.1 Å². The summed E-state index contributed by atoms with van der Waals surface area (Å²) in [6.45, 7) is 14.0. The summed E-state index contributed by atoms with van der Waals surface area (Å²) in [5, 5.41) is 0. The molecule has 0 amide bonds. The molecule has 0 spiro atoms. The lowest BCUT2D eigenvalue weighted by Gasteiger charge is -2.15. The van der Waals surface area contributed by atoms with Crippen molar-refractivity contribution in [3.05, 3.63) is 0 Å². The first-order valence-electron chi connectivity index (χ1n) is 7.23. The van der Waals surface area contributed by atoms with Crippen molar-refractivity contribution in [1.29, 1.82) is 0 Å². The Morgan fingerprint density at radius 3 is 1.19 bits per heavy atom. The Morgan fingerprint density at radius 1 is 0.619 bits per heavy atom. The van der Waals surface area contributed by atoms with Crippen LogP contribution in [0.5, 0.6) is 0 Å². The highest BCUT2D eigenvalue weighted by Crippen LogP contribution is 2.17. The molecule has 0 aromatic heterocycles. The molecule has 0 heterocycles. The Bertz CT molecular complexity index is 392. The Hall–Kier alpha value is -1.32. The highest BCUT2D eigenvalue weighted by atomic mass is 16.2. The number of ketones is 4. The predicted octanol–water partition coefficient (Wildman–Crippen LogP) is 3.55. The van der Waals surface area contributed by atoms with E-state index in [0.717, 1.165) is 0 Å². The zero-order chi connectivity index (χ0) is 17.4. The van der Waals surface area contributed by atoms with Gasteiger partial charge in [0.15, 0.2) is 0 Å². The van der Waals surface area contributed by atoms with E-state index in [-0.39, 0.29) is 40.4 Å². The maximum Gasteiger partial charge on any atom is 0.145 e. The summed E-state index contributed by atoms with van der Waals surface area (Å²) in [4.78, 5) is 43.3. The third-order valence-electron chi connectivity index (χ3n) is 2.79. The topological polar surface area (TPSA) is 68.3 Å². The first-order valence-corrected chi connectivity index (χ1v) is 7.23. The van der Waals surface area contributed by atoms with Crippen LogP contribution in [0.1, 0.15) is 74.7 Å². The fourth-order valence-electron chi connectivity index (χ4n) is 1.16. The average Bonchev–Trinajstić information content (AvgIpc) is 2.23. The van der Waals surface area contributed by atoms with Crippen molar-refractivity contribution < 1.29 is 19.2 Å². The van der Waals surface area contributed by atoms with Crippen LogP contribution in [0, 0.1) is 10.8 Å². The lowest BCUT2D eigenvalue weighted by molar-refractivity contribution is -0.131. The number of Topliss-reactive ketones (excluding diaryl/α,β-unsaturated/α-hetero) is 4. The predicted molar refractivity (Wildman–Crippen MR) is 84.1 cm³/mol. The summed E-state index contributed by atoms with van der Waals surface area (Å²) in [7, 11) is 0. The quantitative estimate of drug-likeness (QED) is 0.728. The molecule has 0 aliphatic rings. The molecule has 4 nitrogen and oxygen atoms in total. The van der Waals surface area contributed by atoms with Crippen molar-refractivity contribution in [2.75, 3.05) is 0 Å². The van der Waals surface area contributed by atoms with E-state index < -0.39 is 0 Å². The molecule has 0 bridgehead atoms.